The molecule has 2 N–H and O–H groups in total. The number of carbonyl (C=O) groups excluding carboxylic acids is 3. The maximum atomic E-state index is 11.5. The summed E-state index contributed by atoms with van der Waals surface area (Å²) in [5, 5.41) is 5.39. The van der Waals surface area contributed by atoms with Crippen molar-refractivity contribution in [2.24, 2.45) is 5.92 Å². The first-order valence-electron chi connectivity index (χ1n) is 7.11. The van der Waals surface area contributed by atoms with E-state index >= 15 is 0 Å². The number of ketones is 1. The molecule has 0 aromatic carbocycles. The Morgan fingerprint density at radius 1 is 1.00 bits per heavy atom. The Labute approximate surface area is 128 Å². The van der Waals surface area contributed by atoms with Crippen LogP contribution in [0.4, 0.5) is 0 Å². The second kappa shape index (κ2) is 11.8. The normalized spacial score (nSPS) is 10.4. The molecule has 0 aromatic rings. The summed E-state index contributed by atoms with van der Waals surface area (Å²) in [6.45, 7) is 6.46. The minimum absolute atomic E-state index is 0. The van der Waals surface area contributed by atoms with E-state index < -0.39 is 0 Å². The van der Waals surface area contributed by atoms with Gasteiger partial charge in [0.15, 0.2) is 0 Å². The molecule has 0 radical (unpaired) electrons. The first kappa shape index (κ1) is 19.0. The van der Waals surface area contributed by atoms with Gasteiger partial charge in [0, 0.05) is 46.9 Å². The Balaban J connectivity index is -0.00000180. The quantitative estimate of drug-likeness (QED) is 0.571. The van der Waals surface area contributed by atoms with Gasteiger partial charge in [-0.1, -0.05) is 20.8 Å². The van der Waals surface area contributed by atoms with E-state index in [1.165, 1.54) is 0 Å². The Hall–Kier alpha value is -1.04. The van der Waals surface area contributed by atoms with Crippen molar-refractivity contribution in [3.63, 3.8) is 0 Å². The highest BCUT2D eigenvalue weighted by molar-refractivity contribution is 7.99. The number of Topliss-reactive ketones (excluding diaryl/α,β-unsaturated/α-hetero) is 1. The molecule has 0 aromatic heterocycles. The number of thioether (sulfide) groups is 1. The summed E-state index contributed by atoms with van der Waals surface area (Å²) in [6.07, 6.45) is 1.11. The van der Waals surface area contributed by atoms with Crippen molar-refractivity contribution in [3.05, 3.63) is 0 Å². The molecule has 0 saturated heterocycles. The maximum absolute atomic E-state index is 11.5. The molecule has 0 aliphatic heterocycles. The molecular formula is C14H30N2O3S. The standard InChI is InChI=1S/C14H26N2O3S.2H2/c1-4-20-10-7-14(19)16-9-6-13(18)15-8-5-12(17)11(2)3;;/h11H,4-10H2,1-3H3,(H,15,18)(H,16,19);2*1H. The van der Waals surface area contributed by atoms with Crippen molar-refractivity contribution >= 4 is 29.4 Å². The van der Waals surface area contributed by atoms with Gasteiger partial charge in [-0.3, -0.25) is 14.4 Å². The average Bonchev–Trinajstić information content (AvgIpc) is 2.38. The SMILES string of the molecule is CCSCCC(=O)NCCC(=O)NCCC(=O)C(C)C.[HH].[HH]. The molecule has 0 rings (SSSR count). The lowest BCUT2D eigenvalue weighted by Crippen LogP contribution is -2.32. The zero-order valence-corrected chi connectivity index (χ0v) is 13.5. The van der Waals surface area contributed by atoms with Gasteiger partial charge < -0.3 is 10.6 Å². The molecule has 0 heterocycles. The Morgan fingerprint density at radius 2 is 1.55 bits per heavy atom. The number of hydrogen-bond acceptors (Lipinski definition) is 4. The summed E-state index contributed by atoms with van der Waals surface area (Å²) in [6, 6.07) is 0. The highest BCUT2D eigenvalue weighted by Gasteiger charge is 2.08. The van der Waals surface area contributed by atoms with Crippen LogP contribution in [0.25, 0.3) is 0 Å². The van der Waals surface area contributed by atoms with Gasteiger partial charge in [-0.05, 0) is 5.75 Å². The van der Waals surface area contributed by atoms with Gasteiger partial charge in [-0.2, -0.15) is 11.8 Å². The molecular weight excluding hydrogens is 276 g/mol. The fourth-order valence-corrected chi connectivity index (χ4v) is 2.03. The molecule has 2 amide bonds. The molecule has 20 heavy (non-hydrogen) atoms. The van der Waals surface area contributed by atoms with E-state index in [0.29, 0.717) is 25.9 Å². The smallest absolute Gasteiger partial charge is 0.221 e. The van der Waals surface area contributed by atoms with E-state index in [0.717, 1.165) is 11.5 Å². The number of rotatable bonds is 11. The summed E-state index contributed by atoms with van der Waals surface area (Å²) in [4.78, 5) is 34.2. The number of nitrogens with one attached hydrogen (secondary N) is 2. The lowest BCUT2D eigenvalue weighted by atomic mass is 10.1. The zero-order valence-electron chi connectivity index (χ0n) is 12.7. The average molecular weight is 306 g/mol. The molecule has 6 heteroatoms. The predicted molar refractivity (Wildman–Crippen MR) is 86.9 cm³/mol. The Kier molecular flexibility index (Phi) is 11.1. The van der Waals surface area contributed by atoms with Crippen LogP contribution in [0.2, 0.25) is 0 Å². The molecule has 0 fully saturated rings. The number of amides is 2. The largest absolute Gasteiger partial charge is 0.356 e. The monoisotopic (exact) mass is 306 g/mol. The van der Waals surface area contributed by atoms with E-state index in [2.05, 4.69) is 17.6 Å². The highest BCUT2D eigenvalue weighted by Crippen LogP contribution is 2.00. The predicted octanol–water partition coefficient (Wildman–Crippen LogP) is 1.86. The maximum Gasteiger partial charge on any atom is 0.221 e. The second-order valence-electron chi connectivity index (χ2n) is 4.77. The van der Waals surface area contributed by atoms with Crippen LogP contribution in [-0.4, -0.2) is 42.2 Å². The van der Waals surface area contributed by atoms with E-state index in [1.54, 1.807) is 11.8 Å². The molecule has 0 saturated carbocycles. The van der Waals surface area contributed by atoms with Crippen molar-refractivity contribution < 1.29 is 17.2 Å². The lowest BCUT2D eigenvalue weighted by molar-refractivity contribution is -0.122. The molecule has 0 unspecified atom stereocenters. The van der Waals surface area contributed by atoms with E-state index in [1.807, 2.05) is 13.8 Å². The summed E-state index contributed by atoms with van der Waals surface area (Å²) >= 11 is 1.72. The molecule has 120 valence electrons. The molecule has 0 aliphatic carbocycles. The highest BCUT2D eigenvalue weighted by atomic mass is 32.2. The van der Waals surface area contributed by atoms with E-state index in [9.17, 15) is 14.4 Å². The van der Waals surface area contributed by atoms with Crippen LogP contribution in [-0.2, 0) is 14.4 Å². The van der Waals surface area contributed by atoms with Gasteiger partial charge in [-0.15, -0.1) is 0 Å². The fourth-order valence-electron chi connectivity index (χ4n) is 1.42. The zero-order chi connectivity index (χ0) is 15.4. The van der Waals surface area contributed by atoms with E-state index in [4.69, 9.17) is 0 Å². The van der Waals surface area contributed by atoms with Crippen molar-refractivity contribution in [1.29, 1.82) is 0 Å². The van der Waals surface area contributed by atoms with Crippen molar-refractivity contribution in [3.8, 4) is 0 Å². The van der Waals surface area contributed by atoms with Crippen molar-refractivity contribution in [2.75, 3.05) is 24.6 Å². The third-order valence-electron chi connectivity index (χ3n) is 2.69. The van der Waals surface area contributed by atoms with E-state index in [-0.39, 0.29) is 32.8 Å². The molecule has 0 atom stereocenters. The third kappa shape index (κ3) is 10.8. The molecule has 0 spiro atoms. The molecule has 5 nitrogen and oxygen atoms in total. The summed E-state index contributed by atoms with van der Waals surface area (Å²) in [7, 11) is 0. The lowest BCUT2D eigenvalue weighted by Gasteiger charge is -2.07. The first-order valence-corrected chi connectivity index (χ1v) is 8.26. The summed E-state index contributed by atoms with van der Waals surface area (Å²) in [5.74, 6) is 1.81. The van der Waals surface area contributed by atoms with Gasteiger partial charge in [0.05, 0.1) is 0 Å². The van der Waals surface area contributed by atoms with Crippen LogP contribution in [0.3, 0.4) is 0 Å². The Bertz CT molecular complexity index is 329. The van der Waals surface area contributed by atoms with Gasteiger partial charge in [0.1, 0.15) is 5.78 Å². The fraction of sp³-hybridized carbons (Fsp3) is 0.786. The van der Waals surface area contributed by atoms with Gasteiger partial charge in [-0.25, -0.2) is 0 Å². The van der Waals surface area contributed by atoms with Crippen LogP contribution in [0.1, 0.15) is 42.9 Å². The minimum Gasteiger partial charge on any atom is -0.356 e. The second-order valence-corrected chi connectivity index (χ2v) is 6.16. The van der Waals surface area contributed by atoms with Crippen LogP contribution in [0, 0.1) is 5.92 Å². The molecule has 0 bridgehead atoms. The van der Waals surface area contributed by atoms with Crippen LogP contribution >= 0.6 is 11.8 Å². The Morgan fingerprint density at radius 3 is 2.10 bits per heavy atom. The minimum atomic E-state index is -0.134. The van der Waals surface area contributed by atoms with Crippen LogP contribution < -0.4 is 10.6 Å². The topological polar surface area (TPSA) is 75.3 Å². The number of carbonyl (C=O) groups is 3. The summed E-state index contributed by atoms with van der Waals surface area (Å²) in [5.41, 5.74) is 0. The first-order chi connectivity index (χ1) is 9.47. The van der Waals surface area contributed by atoms with Crippen molar-refractivity contribution in [1.82, 2.24) is 10.6 Å². The summed E-state index contributed by atoms with van der Waals surface area (Å²) < 4.78 is 0. The van der Waals surface area contributed by atoms with Crippen LogP contribution in [0.5, 0.6) is 0 Å². The van der Waals surface area contributed by atoms with Gasteiger partial charge in [0.2, 0.25) is 11.8 Å². The third-order valence-corrected chi connectivity index (χ3v) is 3.59. The molecule has 0 aliphatic rings. The van der Waals surface area contributed by atoms with Gasteiger partial charge >= 0.3 is 0 Å². The number of hydrogen-bond donors (Lipinski definition) is 2. The van der Waals surface area contributed by atoms with Crippen molar-refractivity contribution in [2.45, 2.75) is 40.0 Å². The van der Waals surface area contributed by atoms with Crippen LogP contribution in [0.15, 0.2) is 0 Å². The van der Waals surface area contributed by atoms with Gasteiger partial charge in [0.25, 0.3) is 0 Å².